The van der Waals surface area contributed by atoms with E-state index in [0.717, 1.165) is 0 Å². The minimum absolute atomic E-state index is 0. The van der Waals surface area contributed by atoms with E-state index >= 15 is 0 Å². The third-order valence-electron chi connectivity index (χ3n) is 0. The summed E-state index contributed by atoms with van der Waals surface area (Å²) in [5.74, 6) is 0. The Morgan fingerprint density at radius 2 is 1.40 bits per heavy atom. The molecule has 0 aliphatic heterocycles. The lowest BCUT2D eigenvalue weighted by Gasteiger charge is -1.92. The Balaban J connectivity index is 0. The molecule has 0 aliphatic carbocycles. The maximum absolute atomic E-state index is 8.64. The molecule has 0 saturated heterocycles. The second-order valence-corrected chi connectivity index (χ2v) is 0.326. The highest BCUT2D eigenvalue weighted by Crippen LogP contribution is 1.29. The van der Waals surface area contributed by atoms with Crippen LogP contribution in [0.5, 0.6) is 0 Å². The summed E-state index contributed by atoms with van der Waals surface area (Å²) in [6.07, 6.45) is 0. The smallest absolute Gasteiger partial charge is 0.339 e. The Morgan fingerprint density at radius 1 is 1.40 bits per heavy atom. The molecule has 0 saturated carbocycles. The average Bonchev–Trinajstić information content (AvgIpc) is 0.811. The van der Waals surface area contributed by atoms with Gasteiger partial charge in [-0.2, -0.15) is 0 Å². The molecule has 0 spiro atoms. The summed E-state index contributed by atoms with van der Waals surface area (Å²) in [5.41, 5.74) is 0. The fourth-order valence-corrected chi connectivity index (χ4v) is 0. The van der Waals surface area contributed by atoms with Crippen LogP contribution in [0.25, 0.3) is 0 Å². The first-order valence-electron chi connectivity index (χ1n) is 0.752. The van der Waals surface area contributed by atoms with Gasteiger partial charge in [-0.25, -0.2) is 0 Å². The number of hydrogen-bond acceptors (Lipinski definition) is 3. The molecular formula is H6BNO3. The molecule has 0 fully saturated rings. The van der Waals surface area contributed by atoms with Gasteiger partial charge in [-0.1, -0.05) is 0 Å². The zero-order valence-electron chi connectivity index (χ0n) is 2.88. The summed E-state index contributed by atoms with van der Waals surface area (Å²) in [6.45, 7) is 0. The summed E-state index contributed by atoms with van der Waals surface area (Å²) in [7, 11) is -2.42. The molecular weight excluding hydrogens is 72.8 g/mol. The molecule has 0 unspecified atom stereocenters. The molecule has 0 radical (unpaired) electrons. The van der Waals surface area contributed by atoms with E-state index < -0.39 is 7.32 Å². The summed E-state index contributed by atoms with van der Waals surface area (Å²) in [4.78, 5) is 0. The van der Waals surface area contributed by atoms with Crippen LogP contribution in [0.15, 0.2) is 0 Å². The standard InChI is InChI=1S/BH2O3.H3N/c2-1(3)4;/h2-3H;1H3/q-1;/p+1. The van der Waals surface area contributed by atoms with E-state index in [1.807, 2.05) is 0 Å². The van der Waals surface area contributed by atoms with Crippen molar-refractivity contribution in [2.75, 3.05) is 0 Å². The SMILES string of the molecule is [NH4+].[O-]B(O)O. The van der Waals surface area contributed by atoms with Gasteiger partial charge in [0.25, 0.3) is 0 Å². The third kappa shape index (κ3) is 1570. The first-order valence-corrected chi connectivity index (χ1v) is 0.752. The molecule has 0 rings (SSSR count). The largest absolute Gasteiger partial charge is 0.832 e. The first kappa shape index (κ1) is 8.86. The minimum atomic E-state index is -2.42. The normalized spacial score (nSPS) is 5.40. The fourth-order valence-electron chi connectivity index (χ4n) is 0. The van der Waals surface area contributed by atoms with Crippen molar-refractivity contribution in [1.29, 1.82) is 0 Å². The quantitative estimate of drug-likeness (QED) is 0.284. The molecule has 0 bridgehead atoms. The van der Waals surface area contributed by atoms with Crippen molar-refractivity contribution >= 4 is 7.32 Å². The number of quaternary nitrogens is 1. The van der Waals surface area contributed by atoms with Gasteiger partial charge in [-0.3, -0.25) is 0 Å². The second kappa shape index (κ2) is 3.90. The minimum Gasteiger partial charge on any atom is -0.832 e. The van der Waals surface area contributed by atoms with Gasteiger partial charge in [-0.05, 0) is 0 Å². The van der Waals surface area contributed by atoms with E-state index in [4.69, 9.17) is 15.1 Å². The lowest BCUT2D eigenvalue weighted by Crippen LogP contribution is -2.29. The summed E-state index contributed by atoms with van der Waals surface area (Å²) in [5, 5.41) is 22.8. The molecule has 0 aromatic rings. The molecule has 5 heteroatoms. The lowest BCUT2D eigenvalue weighted by atomic mass is 10.3. The van der Waals surface area contributed by atoms with Crippen LogP contribution >= 0.6 is 0 Å². The lowest BCUT2D eigenvalue weighted by molar-refractivity contribution is -0.242. The van der Waals surface area contributed by atoms with Crippen molar-refractivity contribution in [1.82, 2.24) is 6.15 Å². The third-order valence-corrected chi connectivity index (χ3v) is 0. The molecule has 5 heavy (non-hydrogen) atoms. The van der Waals surface area contributed by atoms with Crippen molar-refractivity contribution in [2.24, 2.45) is 0 Å². The van der Waals surface area contributed by atoms with Crippen molar-refractivity contribution in [3.63, 3.8) is 0 Å². The zero-order chi connectivity index (χ0) is 3.58. The van der Waals surface area contributed by atoms with E-state index in [9.17, 15) is 0 Å². The molecule has 0 amide bonds. The van der Waals surface area contributed by atoms with Gasteiger partial charge in [0.1, 0.15) is 0 Å². The summed E-state index contributed by atoms with van der Waals surface area (Å²) in [6, 6.07) is 0. The topological polar surface area (TPSA) is 100 Å². The van der Waals surface area contributed by atoms with Crippen molar-refractivity contribution < 1.29 is 15.1 Å². The summed E-state index contributed by atoms with van der Waals surface area (Å²) >= 11 is 0. The molecule has 0 aromatic carbocycles. The maximum Gasteiger partial charge on any atom is 0.339 e. The van der Waals surface area contributed by atoms with Crippen LogP contribution in [0.1, 0.15) is 0 Å². The average molecular weight is 78.9 g/mol. The predicted octanol–water partition coefficient (Wildman–Crippen LogP) is -2.31. The fraction of sp³-hybridized carbons (Fsp3) is 0. The highest BCUT2D eigenvalue weighted by Gasteiger charge is 1.68. The highest BCUT2D eigenvalue weighted by atomic mass is 16.5. The number of rotatable bonds is 0. The van der Waals surface area contributed by atoms with E-state index in [2.05, 4.69) is 0 Å². The van der Waals surface area contributed by atoms with Gasteiger partial charge in [0.2, 0.25) is 0 Å². The van der Waals surface area contributed by atoms with E-state index in [1.54, 1.807) is 0 Å². The van der Waals surface area contributed by atoms with Gasteiger partial charge < -0.3 is 21.2 Å². The predicted molar refractivity (Wildman–Crippen MR) is 16.2 cm³/mol. The van der Waals surface area contributed by atoms with E-state index in [0.29, 0.717) is 0 Å². The Hall–Kier alpha value is -0.0951. The molecule has 32 valence electrons. The van der Waals surface area contributed by atoms with Crippen LogP contribution in [0.4, 0.5) is 0 Å². The van der Waals surface area contributed by atoms with Crippen LogP contribution in [0, 0.1) is 0 Å². The van der Waals surface area contributed by atoms with Crippen LogP contribution in [0.3, 0.4) is 0 Å². The van der Waals surface area contributed by atoms with E-state index in [1.165, 1.54) is 0 Å². The second-order valence-electron chi connectivity index (χ2n) is 0.326. The molecule has 6 N–H and O–H groups in total. The van der Waals surface area contributed by atoms with Crippen molar-refractivity contribution in [3.8, 4) is 0 Å². The van der Waals surface area contributed by atoms with Crippen LogP contribution in [-0.2, 0) is 0 Å². The Morgan fingerprint density at radius 3 is 1.40 bits per heavy atom. The van der Waals surface area contributed by atoms with Gasteiger partial charge in [-0.15, -0.1) is 0 Å². The molecule has 4 nitrogen and oxygen atoms in total. The van der Waals surface area contributed by atoms with Crippen molar-refractivity contribution in [2.45, 2.75) is 0 Å². The first-order chi connectivity index (χ1) is 1.73. The summed E-state index contributed by atoms with van der Waals surface area (Å²) < 4.78 is 0. The maximum atomic E-state index is 8.64. The Bertz CT molecular complexity index is 11.6. The van der Waals surface area contributed by atoms with Gasteiger partial charge in [0, 0.05) is 0 Å². The number of hydrogen-bond donors (Lipinski definition) is 3. The van der Waals surface area contributed by atoms with E-state index in [-0.39, 0.29) is 6.15 Å². The zero-order valence-corrected chi connectivity index (χ0v) is 2.88. The van der Waals surface area contributed by atoms with Gasteiger partial charge in [0.05, 0.1) is 0 Å². The van der Waals surface area contributed by atoms with Crippen LogP contribution in [0.2, 0.25) is 0 Å². The monoisotopic (exact) mass is 79.0 g/mol. The molecule has 0 aromatic heterocycles. The van der Waals surface area contributed by atoms with Crippen LogP contribution in [-0.4, -0.2) is 17.4 Å². The highest BCUT2D eigenvalue weighted by molar-refractivity contribution is 6.28. The Kier molecular flexibility index (Phi) is 6.92. The Labute approximate surface area is 29.8 Å². The van der Waals surface area contributed by atoms with Gasteiger partial charge >= 0.3 is 7.32 Å². The van der Waals surface area contributed by atoms with Gasteiger partial charge in [0.15, 0.2) is 0 Å². The molecule has 0 heterocycles. The molecule has 0 aliphatic rings. The molecule has 0 atom stereocenters. The van der Waals surface area contributed by atoms with Crippen LogP contribution < -0.4 is 11.2 Å². The van der Waals surface area contributed by atoms with Crippen molar-refractivity contribution in [3.05, 3.63) is 0 Å².